The Labute approximate surface area is 194 Å². The molecule has 0 unspecified atom stereocenters. The summed E-state index contributed by atoms with van der Waals surface area (Å²) in [5.74, 6) is -0.467. The highest BCUT2D eigenvalue weighted by Crippen LogP contribution is 2.45. The van der Waals surface area contributed by atoms with Crippen LogP contribution >= 0.6 is 0 Å². The van der Waals surface area contributed by atoms with Gasteiger partial charge in [-0.15, -0.1) is 0 Å². The Hall–Kier alpha value is -3.48. The molecule has 0 saturated heterocycles. The number of para-hydroxylation sites is 2. The molecule has 0 saturated carbocycles. The number of allylic oxidation sites excluding steroid dienone is 1. The van der Waals surface area contributed by atoms with Gasteiger partial charge in [-0.05, 0) is 56.0 Å². The molecule has 0 amide bonds. The van der Waals surface area contributed by atoms with Gasteiger partial charge >= 0.3 is 5.97 Å². The second kappa shape index (κ2) is 9.57. The molecule has 1 aliphatic heterocycles. The van der Waals surface area contributed by atoms with Crippen molar-refractivity contribution in [3.05, 3.63) is 59.3 Å². The van der Waals surface area contributed by atoms with E-state index in [1.165, 1.54) is 7.11 Å². The van der Waals surface area contributed by atoms with Gasteiger partial charge < -0.3 is 24.8 Å². The van der Waals surface area contributed by atoms with Crippen molar-refractivity contribution in [3.63, 3.8) is 0 Å². The molecule has 2 N–H and O–H groups in total. The van der Waals surface area contributed by atoms with E-state index in [0.717, 1.165) is 22.6 Å². The van der Waals surface area contributed by atoms with Gasteiger partial charge in [0.05, 0.1) is 37.7 Å². The van der Waals surface area contributed by atoms with Crippen molar-refractivity contribution < 1.29 is 23.8 Å². The number of methoxy groups -OCH3 is 1. The van der Waals surface area contributed by atoms with Crippen molar-refractivity contribution in [1.29, 1.82) is 0 Å². The number of ketones is 1. The lowest BCUT2D eigenvalue weighted by Crippen LogP contribution is -2.39. The van der Waals surface area contributed by atoms with E-state index in [2.05, 4.69) is 10.6 Å². The molecule has 4 rings (SSSR count). The maximum atomic E-state index is 13.7. The molecule has 7 heteroatoms. The van der Waals surface area contributed by atoms with E-state index in [1.807, 2.05) is 63.2 Å². The largest absolute Gasteiger partial charge is 0.490 e. The number of fused-ring (bicyclic) bond motifs is 1. The standard InChI is InChI=1S/C26H30N2O5/c1-5-32-20-12-11-16(14-21(20)33-6-2)24-23-19(27-17-9-7-8-10-18(17)28-24)13-15(3)22(25(23)29)26(30)31-4/h7-12,14-15,22,24,27-28H,5-6,13H2,1-4H3/t15-,22+,24-/m1/s1. The third-order valence-corrected chi connectivity index (χ3v) is 6.13. The third-order valence-electron chi connectivity index (χ3n) is 6.13. The molecule has 7 nitrogen and oxygen atoms in total. The topological polar surface area (TPSA) is 85.9 Å². The number of hydrogen-bond acceptors (Lipinski definition) is 7. The summed E-state index contributed by atoms with van der Waals surface area (Å²) in [6.45, 7) is 6.76. The number of Topliss-reactive ketones (excluding diaryl/α,β-unsaturated/α-hetero) is 1. The minimum atomic E-state index is -0.838. The average molecular weight is 451 g/mol. The van der Waals surface area contributed by atoms with Crippen LogP contribution < -0.4 is 20.1 Å². The molecule has 174 valence electrons. The minimum Gasteiger partial charge on any atom is -0.490 e. The normalized spacial score (nSPS) is 21.7. The Bertz CT molecular complexity index is 1090. The van der Waals surface area contributed by atoms with Crippen molar-refractivity contribution in [2.45, 2.75) is 33.2 Å². The fourth-order valence-corrected chi connectivity index (χ4v) is 4.63. The van der Waals surface area contributed by atoms with E-state index in [1.54, 1.807) is 0 Å². The van der Waals surface area contributed by atoms with E-state index in [-0.39, 0.29) is 11.7 Å². The van der Waals surface area contributed by atoms with Gasteiger partial charge in [-0.1, -0.05) is 25.1 Å². The SMILES string of the molecule is CCOc1ccc([C@H]2Nc3ccccc3NC3=C2C(=O)[C@@H](C(=O)OC)[C@H](C)C3)cc1OCC. The summed E-state index contributed by atoms with van der Waals surface area (Å²) < 4.78 is 16.5. The zero-order chi connectivity index (χ0) is 23.5. The molecule has 0 bridgehead atoms. The number of anilines is 2. The summed E-state index contributed by atoms with van der Waals surface area (Å²) in [6.07, 6.45) is 0.558. The van der Waals surface area contributed by atoms with Crippen LogP contribution in [0.15, 0.2) is 53.7 Å². The Morgan fingerprint density at radius 1 is 1.03 bits per heavy atom. The lowest BCUT2D eigenvalue weighted by molar-refractivity contribution is -0.151. The van der Waals surface area contributed by atoms with Gasteiger partial charge in [0.2, 0.25) is 0 Å². The average Bonchev–Trinajstić information content (AvgIpc) is 2.97. The van der Waals surface area contributed by atoms with Crippen molar-refractivity contribution in [2.75, 3.05) is 31.0 Å². The van der Waals surface area contributed by atoms with Crippen LogP contribution in [0.4, 0.5) is 11.4 Å². The van der Waals surface area contributed by atoms with Crippen molar-refractivity contribution in [2.24, 2.45) is 11.8 Å². The molecule has 3 atom stereocenters. The lowest BCUT2D eigenvalue weighted by atomic mass is 9.75. The molecule has 1 heterocycles. The predicted octanol–water partition coefficient (Wildman–Crippen LogP) is 4.71. The fraction of sp³-hybridized carbons (Fsp3) is 0.385. The summed E-state index contributed by atoms with van der Waals surface area (Å²) in [7, 11) is 1.32. The molecule has 0 fully saturated rings. The summed E-state index contributed by atoms with van der Waals surface area (Å²) in [4.78, 5) is 26.3. The van der Waals surface area contributed by atoms with E-state index >= 15 is 0 Å². The second-order valence-electron chi connectivity index (χ2n) is 8.26. The second-order valence-corrected chi connectivity index (χ2v) is 8.26. The molecular formula is C26H30N2O5. The summed E-state index contributed by atoms with van der Waals surface area (Å²) in [5, 5.41) is 6.99. The zero-order valence-corrected chi connectivity index (χ0v) is 19.4. The Morgan fingerprint density at radius 3 is 2.42 bits per heavy atom. The third kappa shape index (κ3) is 4.27. The first kappa shape index (κ1) is 22.7. The van der Waals surface area contributed by atoms with Crippen LogP contribution in [-0.2, 0) is 14.3 Å². The molecule has 0 spiro atoms. The summed E-state index contributed by atoms with van der Waals surface area (Å²) in [6, 6.07) is 13.1. The van der Waals surface area contributed by atoms with Crippen LogP contribution in [0.3, 0.4) is 0 Å². The maximum Gasteiger partial charge on any atom is 0.316 e. The number of hydrogen-bond donors (Lipinski definition) is 2. The van der Waals surface area contributed by atoms with Gasteiger partial charge in [0.1, 0.15) is 5.92 Å². The fourth-order valence-electron chi connectivity index (χ4n) is 4.63. The Kier molecular flexibility index (Phi) is 6.58. The number of carbonyl (C=O) groups excluding carboxylic acids is 2. The van der Waals surface area contributed by atoms with Crippen LogP contribution in [0.5, 0.6) is 11.5 Å². The molecule has 0 radical (unpaired) electrons. The number of nitrogens with one attached hydrogen (secondary N) is 2. The van der Waals surface area contributed by atoms with Crippen LogP contribution in [0, 0.1) is 11.8 Å². The number of rotatable bonds is 6. The number of benzene rings is 2. The van der Waals surface area contributed by atoms with Gasteiger partial charge in [0.15, 0.2) is 17.3 Å². The zero-order valence-electron chi connectivity index (χ0n) is 19.4. The van der Waals surface area contributed by atoms with Crippen LogP contribution in [0.2, 0.25) is 0 Å². The smallest absolute Gasteiger partial charge is 0.316 e. The van der Waals surface area contributed by atoms with Crippen molar-refractivity contribution >= 4 is 23.1 Å². The summed E-state index contributed by atoms with van der Waals surface area (Å²) >= 11 is 0. The number of esters is 1. The van der Waals surface area contributed by atoms with Crippen molar-refractivity contribution in [1.82, 2.24) is 0 Å². The first-order valence-corrected chi connectivity index (χ1v) is 11.4. The molecule has 33 heavy (non-hydrogen) atoms. The van der Waals surface area contributed by atoms with E-state index in [0.29, 0.717) is 36.7 Å². The van der Waals surface area contributed by atoms with E-state index in [9.17, 15) is 9.59 Å². The lowest BCUT2D eigenvalue weighted by Gasteiger charge is -2.32. The van der Waals surface area contributed by atoms with Gasteiger partial charge in [-0.2, -0.15) is 0 Å². The van der Waals surface area contributed by atoms with Crippen LogP contribution in [-0.4, -0.2) is 32.1 Å². The van der Waals surface area contributed by atoms with Crippen molar-refractivity contribution in [3.8, 4) is 11.5 Å². The Balaban J connectivity index is 1.86. The van der Waals surface area contributed by atoms with Gasteiger partial charge in [0.25, 0.3) is 0 Å². The molecule has 2 aliphatic rings. The highest BCUT2D eigenvalue weighted by molar-refractivity contribution is 6.11. The Morgan fingerprint density at radius 2 is 1.73 bits per heavy atom. The summed E-state index contributed by atoms with van der Waals surface area (Å²) in [5.41, 5.74) is 3.98. The van der Waals surface area contributed by atoms with Gasteiger partial charge in [-0.25, -0.2) is 0 Å². The van der Waals surface area contributed by atoms with E-state index < -0.39 is 17.9 Å². The molecular weight excluding hydrogens is 420 g/mol. The molecule has 1 aliphatic carbocycles. The number of ether oxygens (including phenoxy) is 3. The van der Waals surface area contributed by atoms with Crippen LogP contribution in [0.1, 0.15) is 38.8 Å². The minimum absolute atomic E-state index is 0.179. The quantitative estimate of drug-likeness (QED) is 0.487. The molecule has 2 aromatic rings. The molecule has 0 aromatic heterocycles. The first-order valence-electron chi connectivity index (χ1n) is 11.4. The highest BCUT2D eigenvalue weighted by Gasteiger charge is 2.44. The van der Waals surface area contributed by atoms with E-state index in [4.69, 9.17) is 14.2 Å². The maximum absolute atomic E-state index is 13.7. The molecule has 2 aromatic carbocycles. The van der Waals surface area contributed by atoms with Gasteiger partial charge in [-0.3, -0.25) is 9.59 Å². The monoisotopic (exact) mass is 450 g/mol. The van der Waals surface area contributed by atoms with Gasteiger partial charge in [0, 0.05) is 11.3 Å². The predicted molar refractivity (Wildman–Crippen MR) is 127 cm³/mol. The highest BCUT2D eigenvalue weighted by atomic mass is 16.5. The van der Waals surface area contributed by atoms with Crippen LogP contribution in [0.25, 0.3) is 0 Å². The number of carbonyl (C=O) groups is 2. The first-order chi connectivity index (χ1) is 16.0.